The van der Waals surface area contributed by atoms with E-state index in [1.165, 1.54) is 0 Å². The number of nitriles is 1. The Labute approximate surface area is 165 Å². The minimum absolute atomic E-state index is 0.0576. The number of carbonyl (C=O) groups excluding carboxylic acids is 1. The zero-order valence-electron chi connectivity index (χ0n) is 16.1. The Morgan fingerprint density at radius 2 is 1.79 bits per heavy atom. The highest BCUT2D eigenvalue weighted by Crippen LogP contribution is 2.13. The Bertz CT molecular complexity index is 938. The Hall–Kier alpha value is -3.43. The van der Waals surface area contributed by atoms with Crippen molar-refractivity contribution >= 4 is 5.91 Å². The highest BCUT2D eigenvalue weighted by Gasteiger charge is 2.17. The average molecular weight is 373 g/mol. The fraction of sp³-hybridized carbons (Fsp3) is 0.227. The van der Waals surface area contributed by atoms with Gasteiger partial charge < -0.3 is 14.4 Å². The van der Waals surface area contributed by atoms with E-state index in [1.54, 1.807) is 18.3 Å². The fourth-order valence-electron chi connectivity index (χ4n) is 2.81. The van der Waals surface area contributed by atoms with Crippen LogP contribution in [-0.2, 0) is 6.54 Å². The molecule has 0 aliphatic carbocycles. The summed E-state index contributed by atoms with van der Waals surface area (Å²) < 4.78 is 1.90. The topological polar surface area (TPSA) is 65.2 Å². The highest BCUT2D eigenvalue weighted by atomic mass is 16.2. The summed E-state index contributed by atoms with van der Waals surface area (Å²) in [5.41, 5.74) is 2.16. The third-order valence-electron chi connectivity index (χ3n) is 4.42. The molecule has 0 saturated carbocycles. The van der Waals surface area contributed by atoms with Crippen molar-refractivity contribution in [2.75, 3.05) is 27.2 Å². The van der Waals surface area contributed by atoms with Gasteiger partial charge in [-0.25, -0.2) is 4.98 Å². The molecule has 0 aliphatic heterocycles. The smallest absolute Gasteiger partial charge is 0.255 e. The van der Waals surface area contributed by atoms with Crippen LogP contribution in [0, 0.1) is 11.3 Å². The molecule has 3 rings (SSSR count). The van der Waals surface area contributed by atoms with Crippen LogP contribution in [0.4, 0.5) is 0 Å². The van der Waals surface area contributed by atoms with E-state index in [-0.39, 0.29) is 5.91 Å². The Balaban J connectivity index is 1.78. The monoisotopic (exact) mass is 373 g/mol. The molecule has 0 bridgehead atoms. The molecule has 1 aromatic carbocycles. The van der Waals surface area contributed by atoms with Gasteiger partial charge in [0.1, 0.15) is 5.82 Å². The molecule has 6 nitrogen and oxygen atoms in total. The first-order valence-corrected chi connectivity index (χ1v) is 9.09. The van der Waals surface area contributed by atoms with Gasteiger partial charge in [-0.3, -0.25) is 4.79 Å². The molecule has 0 spiro atoms. The van der Waals surface area contributed by atoms with Gasteiger partial charge in [-0.2, -0.15) is 5.26 Å². The van der Waals surface area contributed by atoms with E-state index in [1.807, 2.05) is 77.3 Å². The lowest BCUT2D eigenvalue weighted by Crippen LogP contribution is -2.36. The summed E-state index contributed by atoms with van der Waals surface area (Å²) in [7, 11) is 3.97. The van der Waals surface area contributed by atoms with Crippen molar-refractivity contribution in [3.8, 4) is 11.9 Å². The summed E-state index contributed by atoms with van der Waals surface area (Å²) in [5.74, 6) is 0.714. The van der Waals surface area contributed by atoms with Gasteiger partial charge in [0.05, 0.1) is 17.2 Å². The van der Waals surface area contributed by atoms with Crippen LogP contribution in [0.5, 0.6) is 0 Å². The lowest BCUT2D eigenvalue weighted by atomic mass is 10.1. The number of benzene rings is 1. The van der Waals surface area contributed by atoms with Crippen molar-refractivity contribution in [3.05, 3.63) is 83.8 Å². The normalized spacial score (nSPS) is 10.6. The van der Waals surface area contributed by atoms with Crippen LogP contribution < -0.4 is 0 Å². The quantitative estimate of drug-likeness (QED) is 0.639. The molecule has 142 valence electrons. The predicted octanol–water partition coefficient (Wildman–Crippen LogP) is 2.95. The van der Waals surface area contributed by atoms with Crippen LogP contribution in [0.2, 0.25) is 0 Å². The number of hydrogen-bond donors (Lipinski definition) is 0. The van der Waals surface area contributed by atoms with Gasteiger partial charge in [-0.05, 0) is 56.1 Å². The van der Waals surface area contributed by atoms with Gasteiger partial charge in [0.2, 0.25) is 0 Å². The number of amides is 1. The maximum Gasteiger partial charge on any atom is 0.255 e. The van der Waals surface area contributed by atoms with Gasteiger partial charge in [-0.1, -0.05) is 12.1 Å². The second-order valence-electron chi connectivity index (χ2n) is 6.83. The third-order valence-corrected chi connectivity index (χ3v) is 4.42. The number of rotatable bonds is 7. The number of likely N-dealkylation sites (N-methyl/N-ethyl adjacent to an activating group) is 1. The van der Waals surface area contributed by atoms with Crippen molar-refractivity contribution in [2.45, 2.75) is 6.54 Å². The number of nitrogens with zero attached hydrogens (tertiary/aromatic N) is 5. The molecular formula is C22H23N5O. The Kier molecular flexibility index (Phi) is 6.20. The van der Waals surface area contributed by atoms with Crippen molar-refractivity contribution in [1.29, 1.82) is 5.26 Å². The molecule has 6 heteroatoms. The molecule has 2 aromatic heterocycles. The first-order valence-electron chi connectivity index (χ1n) is 9.09. The maximum atomic E-state index is 13.1. The standard InChI is InChI=1S/C22H23N5O/c1-25(2)13-14-27(17-19-7-5-18(15-23)6-8-19)22(28)20-9-10-21(24-16-20)26-11-3-4-12-26/h3-12,16H,13-14,17H2,1-2H3. The SMILES string of the molecule is CN(C)CCN(Cc1ccc(C#N)cc1)C(=O)c1ccc(-n2cccc2)nc1. The van der Waals surface area contributed by atoms with E-state index in [0.29, 0.717) is 24.2 Å². The summed E-state index contributed by atoms with van der Waals surface area (Å²) in [6.45, 7) is 1.85. The lowest BCUT2D eigenvalue weighted by molar-refractivity contribution is 0.0731. The van der Waals surface area contributed by atoms with Crippen LogP contribution in [0.1, 0.15) is 21.5 Å². The van der Waals surface area contributed by atoms with Crippen LogP contribution in [0.25, 0.3) is 5.82 Å². The van der Waals surface area contributed by atoms with Gasteiger partial charge in [0, 0.05) is 38.2 Å². The van der Waals surface area contributed by atoms with Crippen molar-refractivity contribution in [2.24, 2.45) is 0 Å². The van der Waals surface area contributed by atoms with E-state index in [4.69, 9.17) is 5.26 Å². The highest BCUT2D eigenvalue weighted by molar-refractivity contribution is 5.94. The maximum absolute atomic E-state index is 13.1. The minimum Gasteiger partial charge on any atom is -0.333 e. The molecule has 0 saturated heterocycles. The Morgan fingerprint density at radius 1 is 1.07 bits per heavy atom. The average Bonchev–Trinajstić information content (AvgIpc) is 3.26. The summed E-state index contributed by atoms with van der Waals surface area (Å²) in [6.07, 6.45) is 5.45. The van der Waals surface area contributed by atoms with Gasteiger partial charge in [0.15, 0.2) is 0 Å². The molecule has 0 radical (unpaired) electrons. The van der Waals surface area contributed by atoms with Crippen LogP contribution in [-0.4, -0.2) is 52.4 Å². The molecule has 0 unspecified atom stereocenters. The first-order chi connectivity index (χ1) is 13.6. The predicted molar refractivity (Wildman–Crippen MR) is 108 cm³/mol. The second-order valence-corrected chi connectivity index (χ2v) is 6.83. The number of carbonyl (C=O) groups is 1. The van der Waals surface area contributed by atoms with E-state index in [9.17, 15) is 4.79 Å². The molecule has 0 fully saturated rings. The summed E-state index contributed by atoms with van der Waals surface area (Å²) >= 11 is 0. The first kappa shape index (κ1) is 19.3. The molecule has 0 N–H and O–H groups in total. The van der Waals surface area contributed by atoms with E-state index in [2.05, 4.69) is 11.1 Å². The van der Waals surface area contributed by atoms with Crippen LogP contribution in [0.15, 0.2) is 67.1 Å². The van der Waals surface area contributed by atoms with Crippen LogP contribution >= 0.6 is 0 Å². The number of hydrogen-bond acceptors (Lipinski definition) is 4. The number of aromatic nitrogens is 2. The van der Waals surface area contributed by atoms with Crippen molar-refractivity contribution < 1.29 is 4.79 Å². The zero-order chi connectivity index (χ0) is 19.9. The molecular weight excluding hydrogens is 350 g/mol. The van der Waals surface area contributed by atoms with Crippen LogP contribution in [0.3, 0.4) is 0 Å². The molecule has 0 atom stereocenters. The summed E-state index contributed by atoms with van der Waals surface area (Å²) in [4.78, 5) is 21.4. The molecule has 1 amide bonds. The van der Waals surface area contributed by atoms with Gasteiger partial charge in [0.25, 0.3) is 5.91 Å². The van der Waals surface area contributed by atoms with Gasteiger partial charge >= 0.3 is 0 Å². The largest absolute Gasteiger partial charge is 0.333 e. The Morgan fingerprint density at radius 3 is 2.36 bits per heavy atom. The fourth-order valence-corrected chi connectivity index (χ4v) is 2.81. The van der Waals surface area contributed by atoms with Crippen molar-refractivity contribution in [3.63, 3.8) is 0 Å². The molecule has 0 aliphatic rings. The van der Waals surface area contributed by atoms with Crippen molar-refractivity contribution in [1.82, 2.24) is 19.4 Å². The molecule has 2 heterocycles. The van der Waals surface area contributed by atoms with E-state index in [0.717, 1.165) is 17.9 Å². The minimum atomic E-state index is -0.0576. The molecule has 28 heavy (non-hydrogen) atoms. The summed E-state index contributed by atoms with van der Waals surface area (Å²) in [6, 6.07) is 17.0. The number of pyridine rings is 1. The zero-order valence-corrected chi connectivity index (χ0v) is 16.1. The molecule has 3 aromatic rings. The lowest BCUT2D eigenvalue weighted by Gasteiger charge is -2.24. The summed E-state index contributed by atoms with van der Waals surface area (Å²) in [5, 5.41) is 8.95. The van der Waals surface area contributed by atoms with E-state index < -0.39 is 0 Å². The third kappa shape index (κ3) is 4.84. The van der Waals surface area contributed by atoms with E-state index >= 15 is 0 Å². The van der Waals surface area contributed by atoms with Gasteiger partial charge in [-0.15, -0.1) is 0 Å². The second kappa shape index (κ2) is 8.98.